The molecule has 4 heteroatoms. The van der Waals surface area contributed by atoms with Gasteiger partial charge in [-0.1, -0.05) is 30.7 Å². The van der Waals surface area contributed by atoms with E-state index in [4.69, 9.17) is 16.3 Å². The first-order valence-electron chi connectivity index (χ1n) is 6.89. The molecule has 1 N–H and O–H groups in total. The smallest absolute Gasteiger partial charge is 0.124 e. The summed E-state index contributed by atoms with van der Waals surface area (Å²) in [5.74, 6) is 0.384. The zero-order valence-corrected chi connectivity index (χ0v) is 13.2. The van der Waals surface area contributed by atoms with Crippen LogP contribution in [0.3, 0.4) is 0 Å². The number of benzene rings is 2. The van der Waals surface area contributed by atoms with Gasteiger partial charge in [-0.05, 0) is 48.9 Å². The summed E-state index contributed by atoms with van der Waals surface area (Å²) in [6.07, 6.45) is 0. The number of aryl methyl sites for hydroxylation is 1. The fourth-order valence-corrected chi connectivity index (χ4v) is 2.51. The summed E-state index contributed by atoms with van der Waals surface area (Å²) in [7, 11) is 1.59. The van der Waals surface area contributed by atoms with Gasteiger partial charge >= 0.3 is 0 Å². The predicted octanol–water partition coefficient (Wildman–Crippen LogP) is 4.50. The molecule has 2 aromatic rings. The van der Waals surface area contributed by atoms with Crippen molar-refractivity contribution in [3.63, 3.8) is 0 Å². The highest BCUT2D eigenvalue weighted by atomic mass is 35.5. The van der Waals surface area contributed by atoms with Crippen LogP contribution < -0.4 is 10.1 Å². The summed E-state index contributed by atoms with van der Waals surface area (Å²) in [4.78, 5) is 0. The normalized spacial score (nSPS) is 12.2. The molecule has 0 fully saturated rings. The van der Waals surface area contributed by atoms with Gasteiger partial charge < -0.3 is 10.1 Å². The third-order valence-electron chi connectivity index (χ3n) is 3.43. The molecule has 0 saturated heterocycles. The van der Waals surface area contributed by atoms with Crippen LogP contribution in [0.25, 0.3) is 0 Å². The zero-order valence-electron chi connectivity index (χ0n) is 12.4. The molecule has 0 spiro atoms. The van der Waals surface area contributed by atoms with Crippen LogP contribution >= 0.6 is 11.6 Å². The third-order valence-corrected chi connectivity index (χ3v) is 3.85. The molecular weight excluding hydrogens is 289 g/mol. The SMILES string of the molecule is CCNC(c1ccc(Cl)c(C)c1)c1cc(F)ccc1OC. The molecule has 2 aromatic carbocycles. The average molecular weight is 308 g/mol. The number of halogens is 2. The minimum Gasteiger partial charge on any atom is -0.496 e. The van der Waals surface area contributed by atoms with Gasteiger partial charge in [0.1, 0.15) is 11.6 Å². The van der Waals surface area contributed by atoms with Crippen molar-refractivity contribution in [3.05, 3.63) is 63.9 Å². The van der Waals surface area contributed by atoms with Crippen molar-refractivity contribution in [1.82, 2.24) is 5.32 Å². The molecule has 0 amide bonds. The molecule has 2 rings (SSSR count). The van der Waals surface area contributed by atoms with Gasteiger partial charge in [-0.3, -0.25) is 0 Å². The molecule has 1 unspecified atom stereocenters. The maximum absolute atomic E-state index is 13.6. The molecule has 0 aliphatic carbocycles. The molecule has 0 bridgehead atoms. The van der Waals surface area contributed by atoms with Crippen molar-refractivity contribution in [1.29, 1.82) is 0 Å². The monoisotopic (exact) mass is 307 g/mol. The van der Waals surface area contributed by atoms with Crippen molar-refractivity contribution < 1.29 is 9.13 Å². The Hall–Kier alpha value is -1.58. The second-order valence-electron chi connectivity index (χ2n) is 4.89. The van der Waals surface area contributed by atoms with Crippen LogP contribution in [0.15, 0.2) is 36.4 Å². The van der Waals surface area contributed by atoms with E-state index in [0.717, 1.165) is 28.3 Å². The molecule has 0 aliphatic heterocycles. The standard InChI is InChI=1S/C17H19ClFNO/c1-4-20-17(12-5-7-15(18)11(2)9-12)14-10-13(19)6-8-16(14)21-3/h5-10,17,20H,4H2,1-3H3. The van der Waals surface area contributed by atoms with E-state index >= 15 is 0 Å². The Labute approximate surface area is 129 Å². The third kappa shape index (κ3) is 3.55. The lowest BCUT2D eigenvalue weighted by atomic mass is 9.96. The van der Waals surface area contributed by atoms with Gasteiger partial charge in [0.15, 0.2) is 0 Å². The van der Waals surface area contributed by atoms with Gasteiger partial charge in [-0.2, -0.15) is 0 Å². The lowest BCUT2D eigenvalue weighted by molar-refractivity contribution is 0.402. The van der Waals surface area contributed by atoms with Crippen molar-refractivity contribution in [2.75, 3.05) is 13.7 Å². The van der Waals surface area contributed by atoms with Gasteiger partial charge in [0.05, 0.1) is 13.2 Å². The van der Waals surface area contributed by atoms with Gasteiger partial charge in [0.2, 0.25) is 0 Å². The summed E-state index contributed by atoms with van der Waals surface area (Å²) in [5.41, 5.74) is 2.80. The van der Waals surface area contributed by atoms with Crippen LogP contribution in [0.4, 0.5) is 4.39 Å². The number of hydrogen-bond acceptors (Lipinski definition) is 2. The topological polar surface area (TPSA) is 21.3 Å². The van der Waals surface area contributed by atoms with Gasteiger partial charge in [-0.15, -0.1) is 0 Å². The minimum atomic E-state index is -0.278. The molecule has 0 heterocycles. The number of hydrogen-bond donors (Lipinski definition) is 1. The van der Waals surface area contributed by atoms with E-state index in [2.05, 4.69) is 5.32 Å². The Morgan fingerprint density at radius 2 is 2.00 bits per heavy atom. The van der Waals surface area contributed by atoms with Crippen LogP contribution in [0.2, 0.25) is 5.02 Å². The fraction of sp³-hybridized carbons (Fsp3) is 0.294. The summed E-state index contributed by atoms with van der Waals surface area (Å²) in [6, 6.07) is 10.2. The predicted molar refractivity (Wildman–Crippen MR) is 84.7 cm³/mol. The Morgan fingerprint density at radius 3 is 2.62 bits per heavy atom. The molecule has 0 radical (unpaired) electrons. The van der Waals surface area contributed by atoms with Crippen LogP contribution in [0.1, 0.15) is 29.7 Å². The second-order valence-corrected chi connectivity index (χ2v) is 5.29. The average Bonchev–Trinajstić information content (AvgIpc) is 2.48. The Bertz CT molecular complexity index is 630. The second kappa shape index (κ2) is 6.92. The van der Waals surface area contributed by atoms with Crippen LogP contribution in [0, 0.1) is 12.7 Å². The minimum absolute atomic E-state index is 0.142. The van der Waals surface area contributed by atoms with Crippen molar-refractivity contribution in [3.8, 4) is 5.75 Å². The molecule has 1 atom stereocenters. The van der Waals surface area contributed by atoms with Crippen molar-refractivity contribution in [2.45, 2.75) is 19.9 Å². The van der Waals surface area contributed by atoms with Gasteiger partial charge in [-0.25, -0.2) is 4.39 Å². The lowest BCUT2D eigenvalue weighted by Gasteiger charge is -2.22. The van der Waals surface area contributed by atoms with Gasteiger partial charge in [0.25, 0.3) is 0 Å². The van der Waals surface area contributed by atoms with Gasteiger partial charge in [0, 0.05) is 10.6 Å². The first kappa shape index (κ1) is 15.8. The van der Waals surface area contributed by atoms with E-state index in [-0.39, 0.29) is 11.9 Å². The summed E-state index contributed by atoms with van der Waals surface area (Å²) in [6.45, 7) is 4.73. The van der Waals surface area contributed by atoms with Crippen molar-refractivity contribution >= 4 is 11.6 Å². The molecule has 112 valence electrons. The van der Waals surface area contributed by atoms with E-state index in [1.165, 1.54) is 12.1 Å². The maximum Gasteiger partial charge on any atom is 0.124 e. The maximum atomic E-state index is 13.6. The van der Waals surface area contributed by atoms with Crippen LogP contribution in [0.5, 0.6) is 5.75 Å². The molecule has 0 saturated carbocycles. The Balaban J connectivity index is 2.52. The zero-order chi connectivity index (χ0) is 15.4. The van der Waals surface area contributed by atoms with Crippen LogP contribution in [-0.2, 0) is 0 Å². The highest BCUT2D eigenvalue weighted by Crippen LogP contribution is 2.32. The highest BCUT2D eigenvalue weighted by Gasteiger charge is 2.18. The molecular formula is C17H19ClFNO. The van der Waals surface area contributed by atoms with E-state index in [0.29, 0.717) is 5.75 Å². The summed E-state index contributed by atoms with van der Waals surface area (Å²) < 4.78 is 19.0. The quantitative estimate of drug-likeness (QED) is 0.878. The Kier molecular flexibility index (Phi) is 5.21. The fourth-order valence-electron chi connectivity index (χ4n) is 2.39. The largest absolute Gasteiger partial charge is 0.496 e. The van der Waals surface area contributed by atoms with Crippen molar-refractivity contribution in [2.24, 2.45) is 0 Å². The van der Waals surface area contributed by atoms with Crippen LogP contribution in [-0.4, -0.2) is 13.7 Å². The number of nitrogens with one attached hydrogen (secondary N) is 1. The Morgan fingerprint density at radius 1 is 1.24 bits per heavy atom. The first-order valence-corrected chi connectivity index (χ1v) is 7.27. The van der Waals surface area contributed by atoms with E-state index in [1.54, 1.807) is 13.2 Å². The molecule has 0 aromatic heterocycles. The first-order chi connectivity index (χ1) is 10.1. The molecule has 0 aliphatic rings. The lowest BCUT2D eigenvalue weighted by Crippen LogP contribution is -2.22. The molecule has 2 nitrogen and oxygen atoms in total. The molecule has 21 heavy (non-hydrogen) atoms. The van der Waals surface area contributed by atoms with E-state index in [9.17, 15) is 4.39 Å². The summed E-state index contributed by atoms with van der Waals surface area (Å²) in [5, 5.41) is 4.10. The number of ether oxygens (including phenoxy) is 1. The van der Waals surface area contributed by atoms with E-state index in [1.807, 2.05) is 32.0 Å². The number of rotatable bonds is 5. The van der Waals surface area contributed by atoms with E-state index < -0.39 is 0 Å². The highest BCUT2D eigenvalue weighted by molar-refractivity contribution is 6.31. The number of methoxy groups -OCH3 is 1. The summed E-state index contributed by atoms with van der Waals surface area (Å²) >= 11 is 6.09.